The van der Waals surface area contributed by atoms with Gasteiger partial charge in [0.05, 0.1) is 28.0 Å². The van der Waals surface area contributed by atoms with Crippen LogP contribution in [0.5, 0.6) is 0 Å². The molecule has 0 bridgehead atoms. The number of anilines is 1. The largest absolute Gasteiger partial charge is 0.398 e. The van der Waals surface area contributed by atoms with Gasteiger partial charge in [0.15, 0.2) is 9.84 Å². The lowest BCUT2D eigenvalue weighted by atomic mass is 10.2. The van der Waals surface area contributed by atoms with Gasteiger partial charge in [0.25, 0.3) is 0 Å². The molecule has 4 nitrogen and oxygen atoms in total. The summed E-state index contributed by atoms with van der Waals surface area (Å²) in [4.78, 5) is 0.123. The molecule has 0 atom stereocenters. The highest BCUT2D eigenvalue weighted by Crippen LogP contribution is 2.22. The highest BCUT2D eigenvalue weighted by molar-refractivity contribution is 7.90. The number of benzene rings is 2. The van der Waals surface area contributed by atoms with Crippen LogP contribution >= 0.6 is 0 Å². The summed E-state index contributed by atoms with van der Waals surface area (Å²) in [6.07, 6.45) is 0. The Kier molecular flexibility index (Phi) is 3.54. The SMILES string of the molecule is N#Cc1cccc(CS(=O)(=O)c2ccccc2N)c1. The Bertz CT molecular complexity index is 746. The number of sulfone groups is 1. The van der Waals surface area contributed by atoms with Gasteiger partial charge in [-0.15, -0.1) is 0 Å². The number of hydrogen-bond acceptors (Lipinski definition) is 4. The van der Waals surface area contributed by atoms with Crippen LogP contribution in [0.15, 0.2) is 53.4 Å². The molecule has 2 aromatic rings. The molecule has 0 unspecified atom stereocenters. The summed E-state index contributed by atoms with van der Waals surface area (Å²) in [5.74, 6) is -0.170. The smallest absolute Gasteiger partial charge is 0.184 e. The van der Waals surface area contributed by atoms with Crippen molar-refractivity contribution in [1.29, 1.82) is 5.26 Å². The average Bonchev–Trinajstić information content (AvgIpc) is 2.38. The molecule has 0 heterocycles. The van der Waals surface area contributed by atoms with Crippen LogP contribution in [0.1, 0.15) is 11.1 Å². The van der Waals surface area contributed by atoms with Crippen molar-refractivity contribution >= 4 is 15.5 Å². The molecular weight excluding hydrogens is 260 g/mol. The summed E-state index contributed by atoms with van der Waals surface area (Å²) in [6.45, 7) is 0. The van der Waals surface area contributed by atoms with Gasteiger partial charge in [-0.2, -0.15) is 5.26 Å². The Labute approximate surface area is 112 Å². The molecule has 0 fully saturated rings. The molecular formula is C14H12N2O2S. The fraction of sp³-hybridized carbons (Fsp3) is 0.0714. The third-order valence-corrected chi connectivity index (χ3v) is 4.42. The lowest BCUT2D eigenvalue weighted by Crippen LogP contribution is -2.07. The highest BCUT2D eigenvalue weighted by atomic mass is 32.2. The maximum Gasteiger partial charge on any atom is 0.184 e. The van der Waals surface area contributed by atoms with E-state index in [1.54, 1.807) is 42.5 Å². The molecule has 0 spiro atoms. The molecule has 0 amide bonds. The van der Waals surface area contributed by atoms with Crippen molar-refractivity contribution in [3.63, 3.8) is 0 Å². The maximum atomic E-state index is 12.3. The molecule has 19 heavy (non-hydrogen) atoms. The number of nitrogens with two attached hydrogens (primary N) is 1. The van der Waals surface area contributed by atoms with Crippen molar-refractivity contribution in [1.82, 2.24) is 0 Å². The molecule has 96 valence electrons. The first-order chi connectivity index (χ1) is 9.03. The Hall–Kier alpha value is -2.32. The van der Waals surface area contributed by atoms with E-state index in [9.17, 15) is 8.42 Å². The van der Waals surface area contributed by atoms with Crippen LogP contribution in [-0.4, -0.2) is 8.42 Å². The number of nitrogen functional groups attached to an aromatic ring is 1. The number of hydrogen-bond donors (Lipinski definition) is 1. The Morgan fingerprint density at radius 3 is 2.53 bits per heavy atom. The fourth-order valence-electron chi connectivity index (χ4n) is 1.79. The highest BCUT2D eigenvalue weighted by Gasteiger charge is 2.17. The molecule has 0 aromatic heterocycles. The summed E-state index contributed by atoms with van der Waals surface area (Å²) in [5, 5.41) is 8.80. The third kappa shape index (κ3) is 2.92. The van der Waals surface area contributed by atoms with E-state index in [4.69, 9.17) is 11.0 Å². The van der Waals surface area contributed by atoms with Gasteiger partial charge >= 0.3 is 0 Å². The second-order valence-electron chi connectivity index (χ2n) is 4.11. The molecule has 0 aliphatic carbocycles. The van der Waals surface area contributed by atoms with Gasteiger partial charge in [0.2, 0.25) is 0 Å². The molecule has 5 heteroatoms. The van der Waals surface area contributed by atoms with Crippen LogP contribution in [0, 0.1) is 11.3 Å². The van der Waals surface area contributed by atoms with Gasteiger partial charge in [-0.05, 0) is 29.8 Å². The maximum absolute atomic E-state index is 12.3. The summed E-state index contributed by atoms with van der Waals surface area (Å²) >= 11 is 0. The van der Waals surface area contributed by atoms with Crippen molar-refractivity contribution in [2.24, 2.45) is 0 Å². The summed E-state index contributed by atoms with van der Waals surface area (Å²) in [6, 6.07) is 14.9. The summed E-state index contributed by atoms with van der Waals surface area (Å²) in [5.41, 5.74) is 6.93. The monoisotopic (exact) mass is 272 g/mol. The van der Waals surface area contributed by atoms with Gasteiger partial charge in [0, 0.05) is 0 Å². The predicted octanol–water partition coefficient (Wildman–Crippen LogP) is 2.11. The minimum Gasteiger partial charge on any atom is -0.398 e. The van der Waals surface area contributed by atoms with Crippen molar-refractivity contribution in [3.8, 4) is 6.07 Å². The lowest BCUT2D eigenvalue weighted by molar-refractivity contribution is 0.595. The van der Waals surface area contributed by atoms with E-state index in [0.717, 1.165) is 0 Å². The number of nitrogens with zero attached hydrogens (tertiary/aromatic N) is 1. The van der Waals surface area contributed by atoms with E-state index < -0.39 is 9.84 Å². The zero-order chi connectivity index (χ0) is 13.9. The van der Waals surface area contributed by atoms with Crippen molar-refractivity contribution in [3.05, 3.63) is 59.7 Å². The normalized spacial score (nSPS) is 10.9. The van der Waals surface area contributed by atoms with Crippen LogP contribution in [0.2, 0.25) is 0 Å². The lowest BCUT2D eigenvalue weighted by Gasteiger charge is -2.07. The van der Waals surface area contributed by atoms with Crippen LogP contribution in [0.25, 0.3) is 0 Å². The van der Waals surface area contributed by atoms with Crippen molar-refractivity contribution in [2.75, 3.05) is 5.73 Å². The fourth-order valence-corrected chi connectivity index (χ4v) is 3.28. The van der Waals surface area contributed by atoms with E-state index in [1.165, 1.54) is 6.07 Å². The second-order valence-corrected chi connectivity index (χ2v) is 6.07. The quantitative estimate of drug-likeness (QED) is 0.867. The molecule has 2 rings (SSSR count). The van der Waals surface area contributed by atoms with Gasteiger partial charge in [-0.25, -0.2) is 8.42 Å². The van der Waals surface area contributed by atoms with Gasteiger partial charge < -0.3 is 5.73 Å². The van der Waals surface area contributed by atoms with Gasteiger partial charge in [-0.1, -0.05) is 24.3 Å². The van der Waals surface area contributed by atoms with Crippen molar-refractivity contribution in [2.45, 2.75) is 10.6 Å². The summed E-state index contributed by atoms with van der Waals surface area (Å²) < 4.78 is 24.5. The summed E-state index contributed by atoms with van der Waals surface area (Å²) in [7, 11) is -3.50. The number of rotatable bonds is 3. The topological polar surface area (TPSA) is 84.0 Å². The van der Waals surface area contributed by atoms with E-state index in [0.29, 0.717) is 11.1 Å². The second kappa shape index (κ2) is 5.12. The number of nitriles is 1. The first-order valence-electron chi connectivity index (χ1n) is 5.59. The minimum atomic E-state index is -3.50. The Morgan fingerprint density at radius 1 is 1.11 bits per heavy atom. The first-order valence-corrected chi connectivity index (χ1v) is 7.24. The zero-order valence-corrected chi connectivity index (χ0v) is 10.9. The van der Waals surface area contributed by atoms with Crippen LogP contribution in [0.4, 0.5) is 5.69 Å². The zero-order valence-electron chi connectivity index (χ0n) is 10.1. The standard InChI is InChI=1S/C14H12N2O2S/c15-9-11-4-3-5-12(8-11)10-19(17,18)14-7-2-1-6-13(14)16/h1-8H,10,16H2. The molecule has 2 aromatic carbocycles. The van der Waals surface area contributed by atoms with Crippen molar-refractivity contribution < 1.29 is 8.42 Å². The van der Waals surface area contributed by atoms with Crippen LogP contribution in [-0.2, 0) is 15.6 Å². The van der Waals surface area contributed by atoms with Crippen LogP contribution in [0.3, 0.4) is 0 Å². The molecule has 0 saturated heterocycles. The van der Waals surface area contributed by atoms with Gasteiger partial charge in [-0.3, -0.25) is 0 Å². The first kappa shape index (κ1) is 13.1. The van der Waals surface area contributed by atoms with E-state index >= 15 is 0 Å². The Morgan fingerprint density at radius 2 is 1.84 bits per heavy atom. The van der Waals surface area contributed by atoms with E-state index in [-0.39, 0.29) is 16.3 Å². The van der Waals surface area contributed by atoms with E-state index in [1.807, 2.05) is 6.07 Å². The third-order valence-electron chi connectivity index (χ3n) is 2.67. The molecule has 0 aliphatic heterocycles. The number of para-hydroxylation sites is 1. The van der Waals surface area contributed by atoms with Crippen LogP contribution < -0.4 is 5.73 Å². The minimum absolute atomic E-state index is 0.123. The molecule has 2 N–H and O–H groups in total. The van der Waals surface area contributed by atoms with Gasteiger partial charge in [0.1, 0.15) is 0 Å². The molecule has 0 aliphatic rings. The predicted molar refractivity (Wildman–Crippen MR) is 72.9 cm³/mol. The average molecular weight is 272 g/mol. The Balaban J connectivity index is 2.37. The molecule has 0 saturated carbocycles. The molecule has 0 radical (unpaired) electrons. The van der Waals surface area contributed by atoms with E-state index in [2.05, 4.69) is 0 Å².